The molecule has 4 heteroatoms. The summed E-state index contributed by atoms with van der Waals surface area (Å²) in [7, 11) is 4.07. The van der Waals surface area contributed by atoms with Crippen LogP contribution in [0, 0.1) is 0 Å². The highest BCUT2D eigenvalue weighted by atomic mass is 35.5. The number of ether oxygens (including phenoxy) is 2. The van der Waals surface area contributed by atoms with E-state index in [1.54, 1.807) is 0 Å². The highest BCUT2D eigenvalue weighted by Gasteiger charge is 2.28. The van der Waals surface area contributed by atoms with E-state index in [-0.39, 0.29) is 0 Å². The fourth-order valence-corrected chi connectivity index (χ4v) is 3.93. The zero-order valence-electron chi connectivity index (χ0n) is 17.3. The lowest BCUT2D eigenvalue weighted by molar-refractivity contribution is 0.157. The van der Waals surface area contributed by atoms with Gasteiger partial charge in [0.1, 0.15) is 23.7 Å². The van der Waals surface area contributed by atoms with Crippen LogP contribution in [0.4, 0.5) is 0 Å². The third kappa shape index (κ3) is 4.26. The van der Waals surface area contributed by atoms with Gasteiger partial charge in [0, 0.05) is 23.2 Å². The van der Waals surface area contributed by atoms with Gasteiger partial charge in [-0.25, -0.2) is 0 Å². The van der Waals surface area contributed by atoms with Crippen LogP contribution in [0.5, 0.6) is 11.5 Å². The molecule has 0 unspecified atom stereocenters. The summed E-state index contributed by atoms with van der Waals surface area (Å²) in [5, 5.41) is 3.04. The van der Waals surface area contributed by atoms with Gasteiger partial charge in [0.05, 0.1) is 0 Å². The van der Waals surface area contributed by atoms with Crippen molar-refractivity contribution in [3.05, 3.63) is 76.8 Å². The number of nitrogens with zero attached hydrogens (tertiary/aromatic N) is 1. The lowest BCUT2D eigenvalue weighted by Gasteiger charge is -2.32. The van der Waals surface area contributed by atoms with Crippen LogP contribution in [0.2, 0.25) is 5.02 Å². The smallest absolute Gasteiger partial charge is 0.132 e. The summed E-state index contributed by atoms with van der Waals surface area (Å²) in [4.78, 5) is 2.10. The lowest BCUT2D eigenvalue weighted by atomic mass is 9.87. The maximum Gasteiger partial charge on any atom is 0.132 e. The predicted molar refractivity (Wildman–Crippen MR) is 121 cm³/mol. The van der Waals surface area contributed by atoms with Crippen molar-refractivity contribution in [2.24, 2.45) is 0 Å². The van der Waals surface area contributed by atoms with Crippen molar-refractivity contribution in [1.82, 2.24) is 4.90 Å². The Bertz CT molecular complexity index is 1090. The topological polar surface area (TPSA) is 21.7 Å². The molecule has 0 N–H and O–H groups in total. The molecule has 3 nitrogen and oxygen atoms in total. The molecule has 0 bridgehead atoms. The molecule has 1 aliphatic rings. The molecule has 3 aromatic carbocycles. The fraction of sp³-hybridized carbons (Fsp3) is 0.280. The standard InChI is InChI=1S/C25H26ClNO2/c1-25(2)16-23(22-14-18(26)13-17-7-5-6-8-20(17)22)21-10-9-19(15-24(21)29-25)28-12-11-27(3)4/h5-10,13-16H,11-12H2,1-4H3. The number of hydrogen-bond acceptors (Lipinski definition) is 3. The first-order valence-corrected chi connectivity index (χ1v) is 10.2. The number of fused-ring (bicyclic) bond motifs is 2. The van der Waals surface area contributed by atoms with Crippen LogP contribution < -0.4 is 9.47 Å². The summed E-state index contributed by atoms with van der Waals surface area (Å²) in [6.07, 6.45) is 2.18. The summed E-state index contributed by atoms with van der Waals surface area (Å²) < 4.78 is 12.2. The molecule has 0 aliphatic carbocycles. The molecule has 0 saturated heterocycles. The maximum atomic E-state index is 6.47. The molecule has 4 rings (SSSR count). The zero-order valence-corrected chi connectivity index (χ0v) is 18.1. The normalized spacial score (nSPS) is 15.0. The second-order valence-corrected chi connectivity index (χ2v) is 8.68. The Morgan fingerprint density at radius 1 is 1.00 bits per heavy atom. The number of halogens is 1. The van der Waals surface area contributed by atoms with E-state index in [0.29, 0.717) is 6.61 Å². The van der Waals surface area contributed by atoms with E-state index in [9.17, 15) is 0 Å². The fourth-order valence-electron chi connectivity index (χ4n) is 3.70. The Labute approximate surface area is 177 Å². The van der Waals surface area contributed by atoms with Crippen molar-refractivity contribution >= 4 is 27.9 Å². The van der Waals surface area contributed by atoms with Crippen molar-refractivity contribution in [3.8, 4) is 11.5 Å². The summed E-state index contributed by atoms with van der Waals surface area (Å²) >= 11 is 6.47. The summed E-state index contributed by atoms with van der Waals surface area (Å²) in [5.41, 5.74) is 2.87. The van der Waals surface area contributed by atoms with E-state index in [1.807, 2.05) is 44.4 Å². The second-order valence-electron chi connectivity index (χ2n) is 8.25. The first-order valence-electron chi connectivity index (χ1n) is 9.85. The Balaban J connectivity index is 1.79. The van der Waals surface area contributed by atoms with Gasteiger partial charge in [-0.1, -0.05) is 35.9 Å². The number of benzene rings is 3. The number of likely N-dealkylation sites (N-methyl/N-ethyl adjacent to an activating group) is 1. The number of rotatable bonds is 5. The molecule has 1 aliphatic heterocycles. The van der Waals surface area contributed by atoms with Gasteiger partial charge in [0.15, 0.2) is 0 Å². The maximum absolute atomic E-state index is 6.47. The summed E-state index contributed by atoms with van der Waals surface area (Å²) in [5.74, 6) is 1.65. The van der Waals surface area contributed by atoms with Crippen molar-refractivity contribution in [2.45, 2.75) is 19.4 Å². The van der Waals surface area contributed by atoms with E-state index in [1.165, 1.54) is 5.39 Å². The number of hydrogen-bond donors (Lipinski definition) is 0. The van der Waals surface area contributed by atoms with Crippen LogP contribution in [0.3, 0.4) is 0 Å². The van der Waals surface area contributed by atoms with Gasteiger partial charge in [-0.15, -0.1) is 0 Å². The van der Waals surface area contributed by atoms with E-state index in [2.05, 4.69) is 49.1 Å². The average molecular weight is 408 g/mol. The summed E-state index contributed by atoms with van der Waals surface area (Å²) in [6.45, 7) is 5.64. The third-order valence-corrected chi connectivity index (χ3v) is 5.25. The predicted octanol–water partition coefficient (Wildman–Crippen LogP) is 6.04. The molecule has 0 aromatic heterocycles. The highest BCUT2D eigenvalue weighted by Crippen LogP contribution is 2.43. The van der Waals surface area contributed by atoms with Crippen molar-refractivity contribution in [2.75, 3.05) is 27.2 Å². The Hall–Kier alpha value is -2.49. The molecule has 0 spiro atoms. The van der Waals surface area contributed by atoms with Gasteiger partial charge in [-0.3, -0.25) is 0 Å². The molecule has 150 valence electrons. The van der Waals surface area contributed by atoms with Crippen molar-refractivity contribution in [3.63, 3.8) is 0 Å². The summed E-state index contributed by atoms with van der Waals surface area (Å²) in [6, 6.07) is 18.5. The Morgan fingerprint density at radius 3 is 2.59 bits per heavy atom. The van der Waals surface area contributed by atoms with Gasteiger partial charge >= 0.3 is 0 Å². The van der Waals surface area contributed by atoms with Gasteiger partial charge in [-0.2, -0.15) is 0 Å². The molecule has 1 heterocycles. The van der Waals surface area contributed by atoms with E-state index < -0.39 is 5.60 Å². The molecule has 0 fully saturated rings. The minimum atomic E-state index is -0.436. The SMILES string of the molecule is CN(C)CCOc1ccc2c(c1)OC(C)(C)C=C2c1cc(Cl)cc2ccccc12. The molecule has 29 heavy (non-hydrogen) atoms. The molecule has 0 amide bonds. The van der Waals surface area contributed by atoms with Gasteiger partial charge in [0.2, 0.25) is 0 Å². The Morgan fingerprint density at radius 2 is 1.79 bits per heavy atom. The largest absolute Gasteiger partial charge is 0.492 e. The van der Waals surface area contributed by atoms with Crippen LogP contribution >= 0.6 is 11.6 Å². The quantitative estimate of drug-likeness (QED) is 0.515. The van der Waals surface area contributed by atoms with Crippen LogP contribution in [0.15, 0.2) is 60.7 Å². The molecule has 3 aromatic rings. The van der Waals surface area contributed by atoms with Crippen LogP contribution in [-0.4, -0.2) is 37.7 Å². The van der Waals surface area contributed by atoms with Crippen molar-refractivity contribution < 1.29 is 9.47 Å². The van der Waals surface area contributed by atoms with Crippen LogP contribution in [-0.2, 0) is 0 Å². The third-order valence-electron chi connectivity index (χ3n) is 5.03. The van der Waals surface area contributed by atoms with E-state index in [4.69, 9.17) is 21.1 Å². The van der Waals surface area contributed by atoms with Crippen molar-refractivity contribution in [1.29, 1.82) is 0 Å². The molecule has 0 radical (unpaired) electrons. The lowest BCUT2D eigenvalue weighted by Crippen LogP contribution is -2.29. The minimum absolute atomic E-state index is 0.436. The molecular formula is C25H26ClNO2. The van der Waals surface area contributed by atoms with E-state index in [0.717, 1.165) is 45.2 Å². The van der Waals surface area contributed by atoms with Crippen LogP contribution in [0.25, 0.3) is 16.3 Å². The minimum Gasteiger partial charge on any atom is -0.492 e. The van der Waals surface area contributed by atoms with Gasteiger partial charge in [0.25, 0.3) is 0 Å². The monoisotopic (exact) mass is 407 g/mol. The molecule has 0 saturated carbocycles. The second kappa shape index (κ2) is 7.74. The Kier molecular flexibility index (Phi) is 5.28. The first-order chi connectivity index (χ1) is 13.8. The van der Waals surface area contributed by atoms with Gasteiger partial charge in [-0.05, 0) is 80.2 Å². The zero-order chi connectivity index (χ0) is 20.6. The van der Waals surface area contributed by atoms with E-state index >= 15 is 0 Å². The molecule has 0 atom stereocenters. The van der Waals surface area contributed by atoms with Gasteiger partial charge < -0.3 is 14.4 Å². The van der Waals surface area contributed by atoms with Crippen LogP contribution in [0.1, 0.15) is 25.0 Å². The first kappa shape index (κ1) is 19.8. The average Bonchev–Trinajstić information content (AvgIpc) is 2.65. The molecular weight excluding hydrogens is 382 g/mol. The highest BCUT2D eigenvalue weighted by molar-refractivity contribution is 6.31.